The zero-order valence-corrected chi connectivity index (χ0v) is 24.7. The summed E-state index contributed by atoms with van der Waals surface area (Å²) in [5.41, 5.74) is 3.22. The van der Waals surface area contributed by atoms with E-state index in [1.165, 1.54) is 0 Å². The molecule has 3 amide bonds. The summed E-state index contributed by atoms with van der Waals surface area (Å²) in [7, 11) is 0. The van der Waals surface area contributed by atoms with E-state index in [2.05, 4.69) is 23.3 Å². The van der Waals surface area contributed by atoms with Crippen molar-refractivity contribution in [1.29, 1.82) is 0 Å². The number of carbonyl (C=O) groups excluding carboxylic acids is 3. The normalized spacial score (nSPS) is 18.2. The Morgan fingerprint density at radius 3 is 2.26 bits per heavy atom. The Labute approximate surface area is 236 Å². The molecule has 0 bridgehead atoms. The Bertz CT molecular complexity index is 1190. The lowest BCUT2D eigenvalue weighted by molar-refractivity contribution is -0.141. The van der Waals surface area contributed by atoms with E-state index < -0.39 is 29.7 Å². The zero-order chi connectivity index (χ0) is 28.4. The summed E-state index contributed by atoms with van der Waals surface area (Å²) < 4.78 is 5.38. The van der Waals surface area contributed by atoms with Gasteiger partial charge in [-0.25, -0.2) is 4.79 Å². The number of nitrogens with zero attached hydrogens (tertiary/aromatic N) is 1. The van der Waals surface area contributed by atoms with Crippen LogP contribution in [0.3, 0.4) is 0 Å². The van der Waals surface area contributed by atoms with Crippen molar-refractivity contribution in [3.63, 3.8) is 0 Å². The van der Waals surface area contributed by atoms with Crippen LogP contribution >= 0.6 is 24.2 Å². The molecule has 1 saturated carbocycles. The molecule has 1 aliphatic rings. The minimum atomic E-state index is -0.983. The molecule has 4 atom stereocenters. The molecular weight excluding hydrogens is 522 g/mol. The average Bonchev–Trinajstić information content (AvgIpc) is 3.54. The Kier molecular flexibility index (Phi) is 9.42. The van der Waals surface area contributed by atoms with E-state index in [4.69, 9.17) is 16.3 Å². The number of halogens is 1. The topological polar surface area (TPSA) is 87.7 Å². The molecule has 7 nitrogen and oxygen atoms in total. The van der Waals surface area contributed by atoms with Crippen molar-refractivity contribution < 1.29 is 19.1 Å². The first-order valence-corrected chi connectivity index (χ1v) is 13.8. The van der Waals surface area contributed by atoms with Crippen molar-refractivity contribution >= 4 is 47.8 Å². The number of ether oxygens (including phenoxy) is 1. The van der Waals surface area contributed by atoms with Crippen LogP contribution in [0.2, 0.25) is 5.02 Å². The molecule has 0 radical (unpaired) electrons. The second kappa shape index (κ2) is 12.0. The fraction of sp³-hybridized carbons (Fsp3) is 0.483. The molecule has 3 rings (SSSR count). The number of hydrogen-bond acceptors (Lipinski definition) is 5. The number of amides is 3. The Balaban J connectivity index is 2.06. The predicted molar refractivity (Wildman–Crippen MR) is 155 cm³/mol. The van der Waals surface area contributed by atoms with Gasteiger partial charge in [-0.3, -0.25) is 9.59 Å². The number of para-hydroxylation sites is 1. The molecule has 2 aromatic rings. The molecule has 0 heterocycles. The minimum absolute atomic E-state index is 0.0421. The lowest BCUT2D eigenvalue weighted by Crippen LogP contribution is -2.54. The van der Waals surface area contributed by atoms with Crippen LogP contribution < -0.4 is 10.6 Å². The van der Waals surface area contributed by atoms with Gasteiger partial charge in [0.2, 0.25) is 5.91 Å². The highest BCUT2D eigenvalue weighted by molar-refractivity contribution is 7.80. The highest BCUT2D eigenvalue weighted by Crippen LogP contribution is 2.42. The number of alkyl carbamates (subject to hydrolysis) is 1. The van der Waals surface area contributed by atoms with Gasteiger partial charge in [-0.05, 0) is 82.2 Å². The number of anilines is 1. The van der Waals surface area contributed by atoms with Gasteiger partial charge >= 0.3 is 6.09 Å². The van der Waals surface area contributed by atoms with Gasteiger partial charge in [0.25, 0.3) is 5.91 Å². The summed E-state index contributed by atoms with van der Waals surface area (Å²) in [6, 6.07) is 9.01. The van der Waals surface area contributed by atoms with Crippen molar-refractivity contribution in [3.8, 4) is 0 Å². The van der Waals surface area contributed by atoms with Gasteiger partial charge in [0.15, 0.2) is 0 Å². The van der Waals surface area contributed by atoms with Crippen LogP contribution in [0.4, 0.5) is 10.5 Å². The number of rotatable bonds is 8. The first kappa shape index (κ1) is 29.8. The maximum atomic E-state index is 14.1. The Hall–Kier alpha value is -2.71. The van der Waals surface area contributed by atoms with E-state index in [-0.39, 0.29) is 23.6 Å². The summed E-state index contributed by atoms with van der Waals surface area (Å²) in [4.78, 5) is 42.4. The van der Waals surface area contributed by atoms with E-state index in [1.54, 1.807) is 31.7 Å². The quantitative estimate of drug-likeness (QED) is 0.346. The monoisotopic (exact) mass is 559 g/mol. The van der Waals surface area contributed by atoms with Gasteiger partial charge in [0.1, 0.15) is 17.7 Å². The average molecular weight is 560 g/mol. The number of aryl methyl sites for hydroxylation is 2. The van der Waals surface area contributed by atoms with Crippen molar-refractivity contribution in [1.82, 2.24) is 10.2 Å². The van der Waals surface area contributed by atoms with E-state index >= 15 is 0 Å². The molecule has 38 heavy (non-hydrogen) atoms. The van der Waals surface area contributed by atoms with E-state index in [1.807, 2.05) is 58.0 Å². The molecule has 1 fully saturated rings. The third-order valence-corrected chi connectivity index (χ3v) is 7.47. The van der Waals surface area contributed by atoms with Gasteiger partial charge in [-0.1, -0.05) is 48.9 Å². The van der Waals surface area contributed by atoms with Crippen LogP contribution in [0, 0.1) is 26.7 Å². The molecule has 0 aromatic heterocycles. The van der Waals surface area contributed by atoms with Gasteiger partial charge in [-0.2, -0.15) is 12.6 Å². The highest BCUT2D eigenvalue weighted by Gasteiger charge is 2.48. The number of thiol groups is 1. The number of benzene rings is 2. The second-order valence-corrected chi connectivity index (χ2v) is 11.8. The van der Waals surface area contributed by atoms with Crippen LogP contribution in [0.15, 0.2) is 36.4 Å². The fourth-order valence-corrected chi connectivity index (χ4v) is 4.97. The molecule has 206 valence electrons. The van der Waals surface area contributed by atoms with Crippen molar-refractivity contribution in [2.45, 2.75) is 78.6 Å². The van der Waals surface area contributed by atoms with Crippen LogP contribution in [0.25, 0.3) is 0 Å². The molecule has 0 spiro atoms. The SMILES string of the molecule is Cc1cccc(C(C(=O)Nc2c(C)cccc2Cl)N(C(=O)C(CS)NC(=O)OC(C)(C)C)C2CC2C)c1C. The molecule has 0 aliphatic heterocycles. The summed E-state index contributed by atoms with van der Waals surface area (Å²) in [5, 5.41) is 6.06. The second-order valence-electron chi connectivity index (χ2n) is 11.0. The van der Waals surface area contributed by atoms with Gasteiger partial charge in [-0.15, -0.1) is 0 Å². The lowest BCUT2D eigenvalue weighted by atomic mass is 9.94. The molecule has 2 aromatic carbocycles. The third kappa shape index (κ3) is 7.03. The summed E-state index contributed by atoms with van der Waals surface area (Å²) >= 11 is 10.8. The van der Waals surface area contributed by atoms with Crippen LogP contribution in [0.1, 0.15) is 62.4 Å². The third-order valence-electron chi connectivity index (χ3n) is 6.79. The Morgan fingerprint density at radius 1 is 1.11 bits per heavy atom. The molecule has 0 saturated heterocycles. The maximum Gasteiger partial charge on any atom is 0.408 e. The van der Waals surface area contributed by atoms with Gasteiger partial charge in [0, 0.05) is 11.8 Å². The predicted octanol–water partition coefficient (Wildman–Crippen LogP) is 6.01. The summed E-state index contributed by atoms with van der Waals surface area (Å²) in [6.45, 7) is 13.1. The van der Waals surface area contributed by atoms with Crippen LogP contribution in [-0.2, 0) is 14.3 Å². The Morgan fingerprint density at radius 2 is 1.71 bits per heavy atom. The summed E-state index contributed by atoms with van der Waals surface area (Å²) in [5.74, 6) is -0.529. The summed E-state index contributed by atoms with van der Waals surface area (Å²) in [6.07, 6.45) is 0.0326. The molecule has 4 unspecified atom stereocenters. The van der Waals surface area contributed by atoms with E-state index in [9.17, 15) is 14.4 Å². The molecular formula is C29H38ClN3O4S. The molecule has 9 heteroatoms. The molecule has 2 N–H and O–H groups in total. The number of nitrogens with one attached hydrogen (secondary N) is 2. The van der Waals surface area contributed by atoms with Crippen molar-refractivity contribution in [3.05, 3.63) is 63.7 Å². The zero-order valence-electron chi connectivity index (χ0n) is 23.1. The number of hydrogen-bond donors (Lipinski definition) is 3. The van der Waals surface area contributed by atoms with Crippen LogP contribution in [0.5, 0.6) is 0 Å². The maximum absolute atomic E-state index is 14.1. The first-order chi connectivity index (χ1) is 17.7. The van der Waals surface area contributed by atoms with E-state index in [0.717, 1.165) is 28.7 Å². The van der Waals surface area contributed by atoms with Crippen LogP contribution in [-0.4, -0.2) is 46.2 Å². The largest absolute Gasteiger partial charge is 0.444 e. The standard InChI is InChI=1S/C29H38ClN3O4S/c1-16-10-8-12-20(19(16)4)25(26(34)32-24-17(2)11-9-13-21(24)30)33(23-14-18(23)3)27(35)22(15-38)31-28(36)37-29(5,6)7/h8-13,18,22-23,25,38H,14-15H2,1-7H3,(H,31,36)(H,32,34). The van der Waals surface area contributed by atoms with Gasteiger partial charge < -0.3 is 20.3 Å². The molecule has 1 aliphatic carbocycles. The lowest BCUT2D eigenvalue weighted by Gasteiger charge is -2.35. The fourth-order valence-electron chi connectivity index (χ4n) is 4.46. The first-order valence-electron chi connectivity index (χ1n) is 12.8. The van der Waals surface area contributed by atoms with Gasteiger partial charge in [0.05, 0.1) is 10.7 Å². The van der Waals surface area contributed by atoms with E-state index in [0.29, 0.717) is 10.7 Å². The minimum Gasteiger partial charge on any atom is -0.444 e. The number of carbonyl (C=O) groups is 3. The van der Waals surface area contributed by atoms with Crippen molar-refractivity contribution in [2.24, 2.45) is 5.92 Å². The smallest absolute Gasteiger partial charge is 0.408 e. The highest BCUT2D eigenvalue weighted by atomic mass is 35.5. The van der Waals surface area contributed by atoms with Crippen molar-refractivity contribution in [2.75, 3.05) is 11.1 Å².